The van der Waals surface area contributed by atoms with Gasteiger partial charge in [-0.15, -0.1) is 5.10 Å². The lowest BCUT2D eigenvalue weighted by atomic mass is 10.2. The molecule has 0 saturated heterocycles. The standard InChI is InChI=1S/C19H16N6O2/c1-12-9-16(22-15-7-3-5-13(10-15)18(26)27-2)25-19(21-12)23-17(24-25)14-6-4-8-20-11-14/h3-11,22H,1-2H3. The molecule has 4 aromatic rings. The summed E-state index contributed by atoms with van der Waals surface area (Å²) < 4.78 is 6.40. The molecule has 0 radical (unpaired) electrons. The molecule has 8 nitrogen and oxygen atoms in total. The normalized spacial score (nSPS) is 10.7. The number of hydrogen-bond acceptors (Lipinski definition) is 7. The number of nitrogens with zero attached hydrogens (tertiary/aromatic N) is 5. The molecule has 0 bridgehead atoms. The molecular weight excluding hydrogens is 344 g/mol. The van der Waals surface area contributed by atoms with E-state index in [2.05, 4.69) is 25.4 Å². The Hall–Kier alpha value is -3.81. The van der Waals surface area contributed by atoms with Crippen molar-refractivity contribution in [2.45, 2.75) is 6.92 Å². The molecule has 134 valence electrons. The van der Waals surface area contributed by atoms with E-state index < -0.39 is 5.97 Å². The van der Waals surface area contributed by atoms with Gasteiger partial charge in [-0.2, -0.15) is 9.50 Å². The molecule has 0 aliphatic rings. The maximum atomic E-state index is 11.8. The van der Waals surface area contributed by atoms with Crippen molar-refractivity contribution in [2.75, 3.05) is 12.4 Å². The Morgan fingerprint density at radius 1 is 1.15 bits per heavy atom. The lowest BCUT2D eigenvalue weighted by Crippen LogP contribution is -2.05. The van der Waals surface area contributed by atoms with Gasteiger partial charge in [-0.3, -0.25) is 4.98 Å². The maximum absolute atomic E-state index is 11.8. The molecule has 0 aliphatic heterocycles. The Labute approximate surface area is 154 Å². The van der Waals surface area contributed by atoms with E-state index in [-0.39, 0.29) is 0 Å². The summed E-state index contributed by atoms with van der Waals surface area (Å²) in [5, 5.41) is 7.81. The Morgan fingerprint density at radius 2 is 2.04 bits per heavy atom. The third-order valence-corrected chi connectivity index (χ3v) is 3.92. The summed E-state index contributed by atoms with van der Waals surface area (Å²) in [6.07, 6.45) is 3.40. The van der Waals surface area contributed by atoms with Crippen LogP contribution in [0, 0.1) is 6.92 Å². The van der Waals surface area contributed by atoms with E-state index in [1.54, 1.807) is 35.1 Å². The minimum absolute atomic E-state index is 0.394. The van der Waals surface area contributed by atoms with Crippen LogP contribution in [-0.4, -0.2) is 37.6 Å². The second-order valence-electron chi connectivity index (χ2n) is 5.87. The van der Waals surface area contributed by atoms with Gasteiger partial charge < -0.3 is 10.1 Å². The van der Waals surface area contributed by atoms with Gasteiger partial charge >= 0.3 is 5.97 Å². The number of fused-ring (bicyclic) bond motifs is 1. The van der Waals surface area contributed by atoms with Crippen LogP contribution in [-0.2, 0) is 4.74 Å². The van der Waals surface area contributed by atoms with Gasteiger partial charge in [0.2, 0.25) is 0 Å². The number of pyridine rings is 1. The fourth-order valence-corrected chi connectivity index (χ4v) is 2.68. The molecular formula is C19H16N6O2. The first-order chi connectivity index (χ1) is 13.1. The van der Waals surface area contributed by atoms with Crippen LogP contribution in [0.25, 0.3) is 17.2 Å². The predicted molar refractivity (Wildman–Crippen MR) is 99.8 cm³/mol. The molecule has 3 heterocycles. The first-order valence-electron chi connectivity index (χ1n) is 8.24. The highest BCUT2D eigenvalue weighted by Crippen LogP contribution is 2.21. The summed E-state index contributed by atoms with van der Waals surface area (Å²) in [6, 6.07) is 12.6. The van der Waals surface area contributed by atoms with E-state index in [1.165, 1.54) is 7.11 Å². The highest BCUT2D eigenvalue weighted by molar-refractivity contribution is 5.90. The van der Waals surface area contributed by atoms with Gasteiger partial charge in [0.1, 0.15) is 5.82 Å². The third-order valence-electron chi connectivity index (χ3n) is 3.92. The number of hydrogen-bond donors (Lipinski definition) is 1. The van der Waals surface area contributed by atoms with E-state index >= 15 is 0 Å². The number of benzene rings is 1. The van der Waals surface area contributed by atoms with Crippen molar-refractivity contribution in [3.63, 3.8) is 0 Å². The smallest absolute Gasteiger partial charge is 0.337 e. The van der Waals surface area contributed by atoms with Crippen molar-refractivity contribution in [3.05, 3.63) is 66.1 Å². The summed E-state index contributed by atoms with van der Waals surface area (Å²) in [5.41, 5.74) is 2.78. The van der Waals surface area contributed by atoms with E-state index in [1.807, 2.05) is 31.2 Å². The number of carbonyl (C=O) groups is 1. The van der Waals surface area contributed by atoms with Crippen molar-refractivity contribution in [2.24, 2.45) is 0 Å². The monoisotopic (exact) mass is 360 g/mol. The lowest BCUT2D eigenvalue weighted by molar-refractivity contribution is 0.0601. The molecule has 0 spiro atoms. The van der Waals surface area contributed by atoms with Gasteiger partial charge in [0.15, 0.2) is 5.82 Å². The number of carbonyl (C=O) groups excluding carboxylic acids is 1. The fourth-order valence-electron chi connectivity index (χ4n) is 2.68. The Kier molecular flexibility index (Phi) is 4.21. The molecule has 1 N–H and O–H groups in total. The van der Waals surface area contributed by atoms with Gasteiger partial charge in [-0.1, -0.05) is 6.07 Å². The maximum Gasteiger partial charge on any atom is 0.337 e. The van der Waals surface area contributed by atoms with Gasteiger partial charge in [0.05, 0.1) is 12.7 Å². The highest BCUT2D eigenvalue weighted by atomic mass is 16.5. The van der Waals surface area contributed by atoms with E-state index in [9.17, 15) is 4.79 Å². The number of aryl methyl sites for hydroxylation is 1. The van der Waals surface area contributed by atoms with Crippen molar-refractivity contribution in [1.29, 1.82) is 0 Å². The van der Waals surface area contributed by atoms with Gasteiger partial charge in [-0.05, 0) is 37.3 Å². The third kappa shape index (κ3) is 3.32. The van der Waals surface area contributed by atoms with Crippen LogP contribution in [0.1, 0.15) is 16.1 Å². The summed E-state index contributed by atoms with van der Waals surface area (Å²) >= 11 is 0. The van der Waals surface area contributed by atoms with Gasteiger partial charge in [0, 0.05) is 35.4 Å². The highest BCUT2D eigenvalue weighted by Gasteiger charge is 2.13. The van der Waals surface area contributed by atoms with Crippen LogP contribution < -0.4 is 5.32 Å². The van der Waals surface area contributed by atoms with Crippen molar-refractivity contribution in [3.8, 4) is 11.4 Å². The number of aromatic nitrogens is 5. The fraction of sp³-hybridized carbons (Fsp3) is 0.105. The van der Waals surface area contributed by atoms with Crippen LogP contribution in [0.5, 0.6) is 0 Å². The molecule has 3 aromatic heterocycles. The van der Waals surface area contributed by atoms with Crippen molar-refractivity contribution >= 4 is 23.3 Å². The molecule has 1 aromatic carbocycles. The Balaban J connectivity index is 1.76. The summed E-state index contributed by atoms with van der Waals surface area (Å²) in [6.45, 7) is 1.88. The average Bonchev–Trinajstić information content (AvgIpc) is 3.12. The second kappa shape index (κ2) is 6.83. The minimum Gasteiger partial charge on any atom is -0.465 e. The van der Waals surface area contributed by atoms with Crippen LogP contribution in [0.2, 0.25) is 0 Å². The Bertz CT molecular complexity index is 1120. The number of methoxy groups -OCH3 is 1. The zero-order chi connectivity index (χ0) is 18.8. The number of ether oxygens (including phenoxy) is 1. The molecule has 0 saturated carbocycles. The lowest BCUT2D eigenvalue weighted by Gasteiger charge is -2.09. The molecule has 0 fully saturated rings. The first-order valence-corrected chi connectivity index (χ1v) is 8.24. The predicted octanol–water partition coefficient (Wildman–Crippen LogP) is 3.02. The van der Waals surface area contributed by atoms with Gasteiger partial charge in [0.25, 0.3) is 5.78 Å². The van der Waals surface area contributed by atoms with E-state index in [0.29, 0.717) is 23.0 Å². The minimum atomic E-state index is -0.394. The quantitative estimate of drug-likeness (QED) is 0.559. The number of anilines is 2. The van der Waals surface area contributed by atoms with Crippen molar-refractivity contribution in [1.82, 2.24) is 24.6 Å². The molecule has 0 amide bonds. The Morgan fingerprint density at radius 3 is 2.81 bits per heavy atom. The van der Waals surface area contributed by atoms with Crippen LogP contribution in [0.3, 0.4) is 0 Å². The largest absolute Gasteiger partial charge is 0.465 e. The topological polar surface area (TPSA) is 94.3 Å². The molecule has 0 aliphatic carbocycles. The first kappa shape index (κ1) is 16.6. The van der Waals surface area contributed by atoms with Crippen LogP contribution >= 0.6 is 0 Å². The average molecular weight is 360 g/mol. The zero-order valence-electron chi connectivity index (χ0n) is 14.7. The molecule has 0 atom stereocenters. The van der Waals surface area contributed by atoms with Crippen LogP contribution in [0.15, 0.2) is 54.9 Å². The van der Waals surface area contributed by atoms with Crippen LogP contribution in [0.4, 0.5) is 11.5 Å². The zero-order valence-corrected chi connectivity index (χ0v) is 14.7. The second-order valence-corrected chi connectivity index (χ2v) is 5.87. The molecule has 27 heavy (non-hydrogen) atoms. The molecule has 8 heteroatoms. The number of rotatable bonds is 4. The van der Waals surface area contributed by atoms with Gasteiger partial charge in [-0.25, -0.2) is 9.78 Å². The SMILES string of the molecule is COC(=O)c1cccc(Nc2cc(C)nc3nc(-c4cccnc4)nn23)c1. The van der Waals surface area contributed by atoms with E-state index in [0.717, 1.165) is 16.9 Å². The summed E-state index contributed by atoms with van der Waals surface area (Å²) in [7, 11) is 1.35. The van der Waals surface area contributed by atoms with E-state index in [4.69, 9.17) is 4.74 Å². The molecule has 4 rings (SSSR count). The number of esters is 1. The summed E-state index contributed by atoms with van der Waals surface area (Å²) in [4.78, 5) is 24.8. The molecule has 0 unspecified atom stereocenters. The van der Waals surface area contributed by atoms with Crippen molar-refractivity contribution < 1.29 is 9.53 Å². The summed E-state index contributed by atoms with van der Waals surface area (Å²) in [5.74, 6) is 1.30. The number of nitrogens with one attached hydrogen (secondary N) is 1.